The summed E-state index contributed by atoms with van der Waals surface area (Å²) in [6.07, 6.45) is -3.88. The van der Waals surface area contributed by atoms with Crippen LogP contribution in [-0.4, -0.2) is 25.2 Å². The molecule has 1 saturated carbocycles. The molecule has 1 aliphatic rings. The summed E-state index contributed by atoms with van der Waals surface area (Å²) in [4.78, 5) is 3.72. The maximum absolute atomic E-state index is 12.5. The number of nitrogens with zero attached hydrogens (tertiary/aromatic N) is 1. The van der Waals surface area contributed by atoms with Gasteiger partial charge in [-0.25, -0.2) is 0 Å². The predicted molar refractivity (Wildman–Crippen MR) is 57.0 cm³/mol. The van der Waals surface area contributed by atoms with Gasteiger partial charge in [-0.1, -0.05) is 12.2 Å². The van der Waals surface area contributed by atoms with Crippen LogP contribution in [0.15, 0.2) is 17.1 Å². The van der Waals surface area contributed by atoms with Gasteiger partial charge in [-0.05, 0) is 19.8 Å². The maximum atomic E-state index is 12.5. The number of aliphatic imine (C=N–C) groups is 1. The average Bonchev–Trinajstić information content (AvgIpc) is 2.91. The monoisotopic (exact) mass is 235 g/mol. The lowest BCUT2D eigenvalue weighted by atomic mass is 10.1. The fraction of sp³-hybridized carbons (Fsp3) is 0.700. The van der Waals surface area contributed by atoms with Crippen LogP contribution in [0.1, 0.15) is 19.8 Å². The Hall–Kier alpha value is -1.20. The molecule has 6 heteroatoms. The van der Waals surface area contributed by atoms with Gasteiger partial charge < -0.3 is 11.1 Å². The van der Waals surface area contributed by atoms with Gasteiger partial charge in [0.1, 0.15) is 0 Å². The van der Waals surface area contributed by atoms with Crippen molar-refractivity contribution in [2.45, 2.75) is 25.9 Å². The predicted octanol–water partition coefficient (Wildman–Crippen LogP) is 1.81. The van der Waals surface area contributed by atoms with Crippen LogP contribution in [0.25, 0.3) is 0 Å². The Labute approximate surface area is 92.6 Å². The second-order valence-electron chi connectivity index (χ2n) is 4.29. The number of nitrogens with two attached hydrogens (primary N) is 1. The van der Waals surface area contributed by atoms with E-state index in [4.69, 9.17) is 5.73 Å². The van der Waals surface area contributed by atoms with Crippen molar-refractivity contribution in [3.63, 3.8) is 0 Å². The van der Waals surface area contributed by atoms with Crippen molar-refractivity contribution < 1.29 is 13.2 Å². The molecule has 0 aromatic rings. The zero-order chi connectivity index (χ0) is 12.4. The fourth-order valence-corrected chi connectivity index (χ4v) is 1.22. The molecule has 0 aromatic carbocycles. The Morgan fingerprint density at radius 1 is 1.50 bits per heavy atom. The smallest absolute Gasteiger partial charge is 0.370 e. The van der Waals surface area contributed by atoms with Gasteiger partial charge in [0.05, 0.1) is 12.0 Å². The van der Waals surface area contributed by atoms with E-state index in [1.165, 1.54) is 0 Å². The van der Waals surface area contributed by atoms with Crippen molar-refractivity contribution in [2.24, 2.45) is 16.1 Å². The number of rotatable bonds is 4. The van der Waals surface area contributed by atoms with Crippen LogP contribution in [0, 0.1) is 5.41 Å². The zero-order valence-electron chi connectivity index (χ0n) is 9.19. The van der Waals surface area contributed by atoms with E-state index in [-0.39, 0.29) is 25.3 Å². The highest BCUT2D eigenvalue weighted by Crippen LogP contribution is 2.57. The molecule has 3 N–H and O–H groups in total. The maximum Gasteiger partial charge on any atom is 0.396 e. The summed E-state index contributed by atoms with van der Waals surface area (Å²) in [5, 5.41) is 2.69. The van der Waals surface area contributed by atoms with Gasteiger partial charge in [0.2, 0.25) is 0 Å². The number of nitrogens with one attached hydrogen (secondary N) is 1. The van der Waals surface area contributed by atoms with Gasteiger partial charge >= 0.3 is 6.18 Å². The minimum absolute atomic E-state index is 0.0403. The number of guanidine groups is 1. The SMILES string of the molecule is C=C(C)CNC(N)=NCC1(C(F)(F)F)CC1. The third-order valence-corrected chi connectivity index (χ3v) is 2.58. The summed E-state index contributed by atoms with van der Waals surface area (Å²) in [5.74, 6) is 0.0403. The van der Waals surface area contributed by atoms with Gasteiger partial charge in [-0.15, -0.1) is 0 Å². The van der Waals surface area contributed by atoms with Gasteiger partial charge in [-0.2, -0.15) is 13.2 Å². The minimum Gasteiger partial charge on any atom is -0.370 e. The first-order chi connectivity index (χ1) is 7.27. The van der Waals surface area contributed by atoms with E-state index in [0.717, 1.165) is 5.57 Å². The lowest BCUT2D eigenvalue weighted by molar-refractivity contribution is -0.183. The molecule has 3 nitrogen and oxygen atoms in total. The van der Waals surface area contributed by atoms with Crippen LogP contribution in [0.5, 0.6) is 0 Å². The first-order valence-corrected chi connectivity index (χ1v) is 5.02. The van der Waals surface area contributed by atoms with Gasteiger partial charge in [0, 0.05) is 6.54 Å². The molecule has 92 valence electrons. The van der Waals surface area contributed by atoms with Gasteiger partial charge in [-0.3, -0.25) is 4.99 Å². The van der Waals surface area contributed by atoms with E-state index in [2.05, 4.69) is 16.9 Å². The molecule has 0 amide bonds. The quantitative estimate of drug-likeness (QED) is 0.443. The summed E-state index contributed by atoms with van der Waals surface area (Å²) in [6.45, 7) is 5.56. The van der Waals surface area contributed by atoms with E-state index in [0.29, 0.717) is 6.54 Å². The Kier molecular flexibility index (Phi) is 3.50. The molecule has 0 radical (unpaired) electrons. The standard InChI is InChI=1S/C10H16F3N3/c1-7(2)5-15-8(14)16-6-9(3-4-9)10(11,12)13/h1,3-6H2,2H3,(H3,14,15,16). The summed E-state index contributed by atoms with van der Waals surface area (Å²) >= 11 is 0. The molecular formula is C10H16F3N3. The van der Waals surface area contributed by atoms with Crippen molar-refractivity contribution in [1.29, 1.82) is 0 Å². The highest BCUT2D eigenvalue weighted by molar-refractivity contribution is 5.78. The molecular weight excluding hydrogens is 219 g/mol. The lowest BCUT2D eigenvalue weighted by Gasteiger charge is -2.17. The van der Waals surface area contributed by atoms with E-state index in [1.807, 2.05) is 0 Å². The second kappa shape index (κ2) is 4.35. The van der Waals surface area contributed by atoms with Gasteiger partial charge in [0.25, 0.3) is 0 Å². The number of alkyl halides is 3. The first-order valence-electron chi connectivity index (χ1n) is 5.02. The molecule has 0 aliphatic heterocycles. The Morgan fingerprint density at radius 2 is 2.06 bits per heavy atom. The van der Waals surface area contributed by atoms with Crippen LogP contribution in [0.4, 0.5) is 13.2 Å². The third kappa shape index (κ3) is 3.15. The topological polar surface area (TPSA) is 50.4 Å². The molecule has 16 heavy (non-hydrogen) atoms. The zero-order valence-corrected chi connectivity index (χ0v) is 9.19. The third-order valence-electron chi connectivity index (χ3n) is 2.58. The molecule has 0 bridgehead atoms. The molecule has 0 aromatic heterocycles. The molecule has 0 unspecified atom stereocenters. The normalized spacial score (nSPS) is 19.4. The Bertz CT molecular complexity index is 303. The molecule has 0 heterocycles. The second-order valence-corrected chi connectivity index (χ2v) is 4.29. The molecule has 1 aliphatic carbocycles. The highest BCUT2D eigenvalue weighted by Gasteiger charge is 2.63. The molecule has 0 atom stereocenters. The number of hydrogen-bond donors (Lipinski definition) is 2. The summed E-state index contributed by atoms with van der Waals surface area (Å²) in [5.41, 5.74) is 4.65. The van der Waals surface area contributed by atoms with Crippen molar-refractivity contribution in [1.82, 2.24) is 5.32 Å². The largest absolute Gasteiger partial charge is 0.396 e. The van der Waals surface area contributed by atoms with Crippen molar-refractivity contribution in [3.05, 3.63) is 12.2 Å². The number of hydrogen-bond acceptors (Lipinski definition) is 1. The van der Waals surface area contributed by atoms with Crippen molar-refractivity contribution in [3.8, 4) is 0 Å². The highest BCUT2D eigenvalue weighted by atomic mass is 19.4. The number of halogens is 3. The lowest BCUT2D eigenvalue weighted by Crippen LogP contribution is -2.35. The van der Waals surface area contributed by atoms with Crippen LogP contribution in [0.2, 0.25) is 0 Å². The fourth-order valence-electron chi connectivity index (χ4n) is 1.22. The van der Waals surface area contributed by atoms with E-state index in [9.17, 15) is 13.2 Å². The molecule has 0 saturated heterocycles. The summed E-state index contributed by atoms with van der Waals surface area (Å²) in [7, 11) is 0. The molecule has 1 fully saturated rings. The molecule has 1 rings (SSSR count). The van der Waals surface area contributed by atoms with Crippen LogP contribution < -0.4 is 11.1 Å². The molecule has 0 spiro atoms. The summed E-state index contributed by atoms with van der Waals surface area (Å²) < 4.78 is 37.5. The summed E-state index contributed by atoms with van der Waals surface area (Å²) in [6, 6.07) is 0. The minimum atomic E-state index is -4.18. The van der Waals surface area contributed by atoms with Crippen molar-refractivity contribution >= 4 is 5.96 Å². The Balaban J connectivity index is 2.44. The Morgan fingerprint density at radius 3 is 2.44 bits per heavy atom. The first kappa shape index (κ1) is 12.9. The van der Waals surface area contributed by atoms with Crippen molar-refractivity contribution in [2.75, 3.05) is 13.1 Å². The van der Waals surface area contributed by atoms with E-state index < -0.39 is 11.6 Å². The van der Waals surface area contributed by atoms with E-state index in [1.54, 1.807) is 6.92 Å². The van der Waals surface area contributed by atoms with Crippen LogP contribution in [0.3, 0.4) is 0 Å². The van der Waals surface area contributed by atoms with Gasteiger partial charge in [0.15, 0.2) is 5.96 Å². The van der Waals surface area contributed by atoms with E-state index >= 15 is 0 Å². The average molecular weight is 235 g/mol. The van der Waals surface area contributed by atoms with Crippen LogP contribution in [-0.2, 0) is 0 Å². The van der Waals surface area contributed by atoms with Crippen LogP contribution >= 0.6 is 0 Å².